The third-order valence-corrected chi connectivity index (χ3v) is 5.09. The van der Waals surface area contributed by atoms with Crippen molar-refractivity contribution in [2.75, 3.05) is 47.0 Å². The number of benzene rings is 1. The maximum Gasteiger partial charge on any atom is 0.236 e. The molecule has 2 saturated heterocycles. The van der Waals surface area contributed by atoms with Crippen LogP contribution >= 0.6 is 0 Å². The standard InChI is InChI=1S/C19H28N2O4/c1-14-12-21(9-10-25-14)19(22)13-20-8-4-5-17(20)16-11-15(23-2)6-7-18(16)24-3/h6-7,11,14,17H,4-5,8-10,12-13H2,1-3H3/t14-,17+/m1/s1. The van der Waals surface area contributed by atoms with Crippen LogP contribution in [0.15, 0.2) is 18.2 Å². The monoisotopic (exact) mass is 348 g/mol. The van der Waals surface area contributed by atoms with Crippen molar-refractivity contribution in [3.8, 4) is 11.5 Å². The second kappa shape index (κ2) is 8.06. The van der Waals surface area contributed by atoms with Crippen molar-refractivity contribution >= 4 is 5.91 Å². The number of hydrogen-bond acceptors (Lipinski definition) is 5. The Hall–Kier alpha value is -1.79. The highest BCUT2D eigenvalue weighted by Gasteiger charge is 2.32. The van der Waals surface area contributed by atoms with Crippen LogP contribution in [-0.4, -0.2) is 68.8 Å². The quantitative estimate of drug-likeness (QED) is 0.816. The minimum Gasteiger partial charge on any atom is -0.497 e. The Bertz CT molecular complexity index is 607. The first kappa shape index (κ1) is 18.0. The van der Waals surface area contributed by atoms with Crippen molar-refractivity contribution in [3.63, 3.8) is 0 Å². The Morgan fingerprint density at radius 2 is 2.12 bits per heavy atom. The SMILES string of the molecule is COc1ccc(OC)c([C@@H]2CCCN2CC(=O)N2CCO[C@H](C)C2)c1. The van der Waals surface area contributed by atoms with E-state index in [0.29, 0.717) is 26.2 Å². The van der Waals surface area contributed by atoms with E-state index >= 15 is 0 Å². The number of nitrogens with zero attached hydrogens (tertiary/aromatic N) is 2. The molecule has 1 aromatic carbocycles. The molecule has 0 saturated carbocycles. The smallest absolute Gasteiger partial charge is 0.236 e. The Morgan fingerprint density at radius 1 is 1.28 bits per heavy atom. The number of rotatable bonds is 5. The molecule has 0 aliphatic carbocycles. The lowest BCUT2D eigenvalue weighted by atomic mass is 10.0. The van der Waals surface area contributed by atoms with Gasteiger partial charge in [-0.15, -0.1) is 0 Å². The maximum absolute atomic E-state index is 12.7. The molecule has 0 aromatic heterocycles. The van der Waals surface area contributed by atoms with Crippen LogP contribution in [0.2, 0.25) is 0 Å². The lowest BCUT2D eigenvalue weighted by Crippen LogP contribution is -2.48. The molecular formula is C19H28N2O4. The molecule has 2 aliphatic rings. The number of carbonyl (C=O) groups excluding carboxylic acids is 1. The van der Waals surface area contributed by atoms with Crippen LogP contribution in [0, 0.1) is 0 Å². The largest absolute Gasteiger partial charge is 0.497 e. The van der Waals surface area contributed by atoms with E-state index < -0.39 is 0 Å². The first-order valence-electron chi connectivity index (χ1n) is 8.97. The summed E-state index contributed by atoms with van der Waals surface area (Å²) in [6.45, 7) is 5.37. The Balaban J connectivity index is 1.73. The van der Waals surface area contributed by atoms with E-state index in [0.717, 1.165) is 36.4 Å². The van der Waals surface area contributed by atoms with Gasteiger partial charge in [-0.05, 0) is 44.5 Å². The highest BCUT2D eigenvalue weighted by atomic mass is 16.5. The third kappa shape index (κ3) is 4.07. The second-order valence-electron chi connectivity index (χ2n) is 6.76. The van der Waals surface area contributed by atoms with Crippen molar-refractivity contribution in [2.45, 2.75) is 31.9 Å². The highest BCUT2D eigenvalue weighted by Crippen LogP contribution is 2.38. The molecule has 2 heterocycles. The molecule has 1 amide bonds. The van der Waals surface area contributed by atoms with Gasteiger partial charge in [0.1, 0.15) is 11.5 Å². The van der Waals surface area contributed by atoms with Gasteiger partial charge in [0.15, 0.2) is 0 Å². The summed E-state index contributed by atoms with van der Waals surface area (Å²) in [6.07, 6.45) is 2.22. The summed E-state index contributed by atoms with van der Waals surface area (Å²) in [5.41, 5.74) is 1.10. The predicted molar refractivity (Wildman–Crippen MR) is 95.1 cm³/mol. The Morgan fingerprint density at radius 3 is 2.84 bits per heavy atom. The minimum atomic E-state index is 0.116. The molecule has 6 nitrogen and oxygen atoms in total. The summed E-state index contributed by atoms with van der Waals surface area (Å²) in [7, 11) is 3.35. The molecule has 2 atom stereocenters. The molecule has 0 radical (unpaired) electrons. The maximum atomic E-state index is 12.7. The van der Waals surface area contributed by atoms with Gasteiger partial charge in [-0.3, -0.25) is 9.69 Å². The van der Waals surface area contributed by atoms with Crippen LogP contribution in [0.4, 0.5) is 0 Å². The second-order valence-corrected chi connectivity index (χ2v) is 6.76. The average molecular weight is 348 g/mol. The van der Waals surface area contributed by atoms with Gasteiger partial charge in [0.2, 0.25) is 5.91 Å². The molecule has 3 rings (SSSR count). The molecule has 6 heteroatoms. The van der Waals surface area contributed by atoms with Crippen molar-refractivity contribution in [3.05, 3.63) is 23.8 Å². The van der Waals surface area contributed by atoms with E-state index in [1.54, 1.807) is 14.2 Å². The fourth-order valence-corrected chi connectivity index (χ4v) is 3.79. The van der Waals surface area contributed by atoms with Crippen molar-refractivity contribution in [1.82, 2.24) is 9.80 Å². The van der Waals surface area contributed by atoms with E-state index in [1.165, 1.54) is 0 Å². The van der Waals surface area contributed by atoms with Gasteiger partial charge < -0.3 is 19.1 Å². The van der Waals surface area contributed by atoms with Crippen molar-refractivity contribution < 1.29 is 19.0 Å². The molecule has 0 spiro atoms. The van der Waals surface area contributed by atoms with Gasteiger partial charge >= 0.3 is 0 Å². The summed E-state index contributed by atoms with van der Waals surface area (Å²) < 4.78 is 16.5. The van der Waals surface area contributed by atoms with Crippen LogP contribution in [0.3, 0.4) is 0 Å². The number of methoxy groups -OCH3 is 2. The Kier molecular flexibility index (Phi) is 5.81. The minimum absolute atomic E-state index is 0.116. The van der Waals surface area contributed by atoms with Gasteiger partial charge in [0.05, 0.1) is 33.5 Å². The van der Waals surface area contributed by atoms with Crippen LogP contribution in [0.5, 0.6) is 11.5 Å². The normalized spacial score (nSPS) is 24.4. The van der Waals surface area contributed by atoms with E-state index in [-0.39, 0.29) is 18.1 Å². The number of morpholine rings is 1. The first-order chi connectivity index (χ1) is 12.1. The molecule has 138 valence electrons. The average Bonchev–Trinajstić information content (AvgIpc) is 3.09. The zero-order valence-electron chi connectivity index (χ0n) is 15.4. The van der Waals surface area contributed by atoms with E-state index in [4.69, 9.17) is 14.2 Å². The van der Waals surface area contributed by atoms with Crippen molar-refractivity contribution in [1.29, 1.82) is 0 Å². The molecular weight excluding hydrogens is 320 g/mol. The van der Waals surface area contributed by atoms with Crippen LogP contribution in [0.1, 0.15) is 31.4 Å². The van der Waals surface area contributed by atoms with E-state index in [1.807, 2.05) is 30.0 Å². The van der Waals surface area contributed by atoms with Crippen LogP contribution in [-0.2, 0) is 9.53 Å². The summed E-state index contributed by atoms with van der Waals surface area (Å²) in [5, 5.41) is 0. The summed E-state index contributed by atoms with van der Waals surface area (Å²) in [5.74, 6) is 1.85. The molecule has 0 bridgehead atoms. The van der Waals surface area contributed by atoms with Crippen LogP contribution in [0.25, 0.3) is 0 Å². The molecule has 0 N–H and O–H groups in total. The summed E-state index contributed by atoms with van der Waals surface area (Å²) in [4.78, 5) is 16.9. The predicted octanol–water partition coefficient (Wildman–Crippen LogP) is 2.09. The number of likely N-dealkylation sites (tertiary alicyclic amines) is 1. The molecule has 2 aliphatic heterocycles. The fourth-order valence-electron chi connectivity index (χ4n) is 3.79. The zero-order valence-corrected chi connectivity index (χ0v) is 15.4. The van der Waals surface area contributed by atoms with Gasteiger partial charge in [0.25, 0.3) is 0 Å². The van der Waals surface area contributed by atoms with Gasteiger partial charge in [-0.1, -0.05) is 0 Å². The third-order valence-electron chi connectivity index (χ3n) is 5.09. The Labute approximate surface area is 149 Å². The number of hydrogen-bond donors (Lipinski definition) is 0. The lowest BCUT2D eigenvalue weighted by Gasteiger charge is -2.33. The molecule has 1 aromatic rings. The summed E-state index contributed by atoms with van der Waals surface area (Å²) in [6, 6.07) is 6.06. The van der Waals surface area contributed by atoms with Gasteiger partial charge in [-0.25, -0.2) is 0 Å². The van der Waals surface area contributed by atoms with Crippen LogP contribution < -0.4 is 9.47 Å². The van der Waals surface area contributed by atoms with E-state index in [9.17, 15) is 4.79 Å². The molecule has 0 unspecified atom stereocenters. The lowest BCUT2D eigenvalue weighted by molar-refractivity contribution is -0.139. The number of ether oxygens (including phenoxy) is 3. The zero-order chi connectivity index (χ0) is 17.8. The first-order valence-corrected chi connectivity index (χ1v) is 8.97. The topological polar surface area (TPSA) is 51.2 Å². The van der Waals surface area contributed by atoms with Crippen molar-refractivity contribution in [2.24, 2.45) is 0 Å². The van der Waals surface area contributed by atoms with E-state index in [2.05, 4.69) is 4.90 Å². The van der Waals surface area contributed by atoms with Gasteiger partial charge in [-0.2, -0.15) is 0 Å². The van der Waals surface area contributed by atoms with Gasteiger partial charge in [0, 0.05) is 24.7 Å². The highest BCUT2D eigenvalue weighted by molar-refractivity contribution is 5.78. The number of amides is 1. The fraction of sp³-hybridized carbons (Fsp3) is 0.632. The molecule has 2 fully saturated rings. The summed E-state index contributed by atoms with van der Waals surface area (Å²) >= 11 is 0. The number of carbonyl (C=O) groups is 1. The molecule has 25 heavy (non-hydrogen) atoms.